The van der Waals surface area contributed by atoms with Gasteiger partial charge in [-0.15, -0.1) is 0 Å². The molecule has 3 nitrogen and oxygen atoms in total. The minimum absolute atomic E-state index is 0.492. The highest BCUT2D eigenvalue weighted by Gasteiger charge is 2.38. The Morgan fingerprint density at radius 3 is 2.50 bits per heavy atom. The molecule has 0 heterocycles. The number of rotatable bonds is 4. The fourth-order valence-corrected chi connectivity index (χ4v) is 3.86. The van der Waals surface area contributed by atoms with Gasteiger partial charge in [0.1, 0.15) is 5.75 Å². The monoisotopic (exact) mass is 344 g/mol. The Kier molecular flexibility index (Phi) is 4.09. The van der Waals surface area contributed by atoms with Crippen molar-refractivity contribution in [1.82, 2.24) is 0 Å². The van der Waals surface area contributed by atoms with E-state index in [9.17, 15) is 4.79 Å². The van der Waals surface area contributed by atoms with Crippen LogP contribution in [0.25, 0.3) is 22.4 Å². The zero-order valence-corrected chi connectivity index (χ0v) is 14.9. The molecule has 0 bridgehead atoms. The van der Waals surface area contributed by atoms with Crippen molar-refractivity contribution in [2.24, 2.45) is 0 Å². The van der Waals surface area contributed by atoms with Crippen LogP contribution in [-0.4, -0.2) is 26.1 Å². The van der Waals surface area contributed by atoms with Crippen LogP contribution < -0.4 is 15.2 Å². The highest BCUT2D eigenvalue weighted by Crippen LogP contribution is 2.40. The number of benzene rings is 3. The number of hydrogen-bond donors (Lipinski definition) is 0. The SMILES string of the molecule is COc1ccc2ccccc2c1C1=c2ccccc2=CCC1(C=O)OC. The standard InChI is InChI=1S/C23H20O3/c1-25-20-12-11-16-7-3-5-9-18(16)21(20)22-19-10-6-4-8-17(19)13-14-23(22,15-24)26-2/h3-13,15H,14H2,1-2H3. The Labute approximate surface area is 152 Å². The molecule has 0 amide bonds. The highest BCUT2D eigenvalue weighted by molar-refractivity contribution is 6.02. The molecule has 3 heteroatoms. The second kappa shape index (κ2) is 6.43. The van der Waals surface area contributed by atoms with E-state index in [0.29, 0.717) is 6.42 Å². The van der Waals surface area contributed by atoms with Crippen LogP contribution in [0.4, 0.5) is 0 Å². The second-order valence-corrected chi connectivity index (χ2v) is 6.45. The van der Waals surface area contributed by atoms with Crippen LogP contribution >= 0.6 is 0 Å². The van der Waals surface area contributed by atoms with Gasteiger partial charge in [-0.25, -0.2) is 0 Å². The van der Waals surface area contributed by atoms with Crippen molar-refractivity contribution in [2.45, 2.75) is 12.0 Å². The molecule has 0 aliphatic heterocycles. The third-order valence-corrected chi connectivity index (χ3v) is 5.19. The lowest BCUT2D eigenvalue weighted by Crippen LogP contribution is -2.45. The summed E-state index contributed by atoms with van der Waals surface area (Å²) >= 11 is 0. The first-order valence-corrected chi connectivity index (χ1v) is 8.61. The van der Waals surface area contributed by atoms with E-state index in [2.05, 4.69) is 24.3 Å². The molecular formula is C23H20O3. The van der Waals surface area contributed by atoms with Crippen LogP contribution in [0.15, 0.2) is 60.7 Å². The summed E-state index contributed by atoms with van der Waals surface area (Å²) in [5, 5.41) is 4.25. The number of fused-ring (bicyclic) bond motifs is 2. The highest BCUT2D eigenvalue weighted by atomic mass is 16.5. The molecule has 4 rings (SSSR count). The predicted octanol–water partition coefficient (Wildman–Crippen LogP) is 2.82. The molecule has 0 fully saturated rings. The zero-order valence-electron chi connectivity index (χ0n) is 14.9. The summed E-state index contributed by atoms with van der Waals surface area (Å²) in [6.07, 6.45) is 3.47. The van der Waals surface area contributed by atoms with E-state index in [4.69, 9.17) is 9.47 Å². The maximum absolute atomic E-state index is 12.2. The van der Waals surface area contributed by atoms with E-state index in [-0.39, 0.29) is 0 Å². The average molecular weight is 344 g/mol. The molecule has 1 unspecified atom stereocenters. The van der Waals surface area contributed by atoms with E-state index in [1.807, 2.05) is 42.5 Å². The molecule has 0 spiro atoms. The molecule has 26 heavy (non-hydrogen) atoms. The van der Waals surface area contributed by atoms with Crippen molar-refractivity contribution in [3.05, 3.63) is 76.7 Å². The van der Waals surface area contributed by atoms with E-state index in [1.165, 1.54) is 0 Å². The Hall–Kier alpha value is -2.91. The molecule has 1 atom stereocenters. The lowest BCUT2D eigenvalue weighted by molar-refractivity contribution is -0.121. The quantitative estimate of drug-likeness (QED) is 0.683. The minimum Gasteiger partial charge on any atom is -0.496 e. The van der Waals surface area contributed by atoms with E-state index < -0.39 is 5.60 Å². The fourth-order valence-electron chi connectivity index (χ4n) is 3.86. The molecule has 130 valence electrons. The summed E-state index contributed by atoms with van der Waals surface area (Å²) in [6.45, 7) is 0. The average Bonchev–Trinajstić information content (AvgIpc) is 2.72. The van der Waals surface area contributed by atoms with Gasteiger partial charge in [0.25, 0.3) is 0 Å². The summed E-state index contributed by atoms with van der Waals surface area (Å²) < 4.78 is 11.5. The molecular weight excluding hydrogens is 324 g/mol. The predicted molar refractivity (Wildman–Crippen MR) is 104 cm³/mol. The number of aldehydes is 1. The maximum Gasteiger partial charge on any atom is 0.156 e. The molecule has 1 aliphatic rings. The number of ether oxygens (including phenoxy) is 2. The molecule has 0 saturated carbocycles. The summed E-state index contributed by atoms with van der Waals surface area (Å²) in [5.74, 6) is 0.735. The molecule has 3 aromatic carbocycles. The number of carbonyl (C=O) groups is 1. The zero-order chi connectivity index (χ0) is 18.1. The van der Waals surface area contributed by atoms with Gasteiger partial charge in [-0.05, 0) is 27.3 Å². The van der Waals surface area contributed by atoms with Gasteiger partial charge in [-0.2, -0.15) is 0 Å². The van der Waals surface area contributed by atoms with Crippen LogP contribution in [0.5, 0.6) is 5.75 Å². The second-order valence-electron chi connectivity index (χ2n) is 6.45. The molecule has 3 aromatic rings. The van der Waals surface area contributed by atoms with Crippen LogP contribution in [0.3, 0.4) is 0 Å². The van der Waals surface area contributed by atoms with Crippen molar-refractivity contribution < 1.29 is 14.3 Å². The largest absolute Gasteiger partial charge is 0.496 e. The van der Waals surface area contributed by atoms with Gasteiger partial charge in [0, 0.05) is 24.7 Å². The van der Waals surface area contributed by atoms with Crippen molar-refractivity contribution in [2.75, 3.05) is 14.2 Å². The van der Waals surface area contributed by atoms with E-state index in [0.717, 1.165) is 44.4 Å². The summed E-state index contributed by atoms with van der Waals surface area (Å²) in [6, 6.07) is 20.2. The Balaban J connectivity index is 2.25. The number of hydrogen-bond acceptors (Lipinski definition) is 3. The lowest BCUT2D eigenvalue weighted by atomic mass is 9.79. The third kappa shape index (κ3) is 2.36. The van der Waals surface area contributed by atoms with Crippen molar-refractivity contribution in [1.29, 1.82) is 0 Å². The first kappa shape index (κ1) is 16.6. The van der Waals surface area contributed by atoms with Gasteiger partial charge in [0.15, 0.2) is 11.9 Å². The van der Waals surface area contributed by atoms with Gasteiger partial charge in [-0.1, -0.05) is 60.7 Å². The van der Waals surface area contributed by atoms with E-state index >= 15 is 0 Å². The van der Waals surface area contributed by atoms with Crippen LogP contribution in [0.1, 0.15) is 12.0 Å². The maximum atomic E-state index is 12.2. The van der Waals surface area contributed by atoms with Crippen molar-refractivity contribution >= 4 is 28.7 Å². The smallest absolute Gasteiger partial charge is 0.156 e. The molecule has 0 N–H and O–H groups in total. The van der Waals surface area contributed by atoms with Gasteiger partial charge in [-0.3, -0.25) is 4.79 Å². The summed E-state index contributed by atoms with van der Waals surface area (Å²) in [7, 11) is 3.25. The minimum atomic E-state index is -1.04. The summed E-state index contributed by atoms with van der Waals surface area (Å²) in [4.78, 5) is 12.2. The van der Waals surface area contributed by atoms with Crippen molar-refractivity contribution in [3.63, 3.8) is 0 Å². The Bertz CT molecular complexity index is 1110. The lowest BCUT2D eigenvalue weighted by Gasteiger charge is -2.32. The van der Waals surface area contributed by atoms with Crippen LogP contribution in [-0.2, 0) is 9.53 Å². The molecule has 1 aliphatic carbocycles. The molecule has 0 aromatic heterocycles. The van der Waals surface area contributed by atoms with Crippen LogP contribution in [0, 0.1) is 0 Å². The topological polar surface area (TPSA) is 35.5 Å². The van der Waals surface area contributed by atoms with Gasteiger partial charge >= 0.3 is 0 Å². The number of carbonyl (C=O) groups excluding carboxylic acids is 1. The van der Waals surface area contributed by atoms with Gasteiger partial charge < -0.3 is 9.47 Å². The number of methoxy groups -OCH3 is 2. The first-order chi connectivity index (χ1) is 12.7. The fraction of sp³-hybridized carbons (Fsp3) is 0.174. The molecule has 0 saturated heterocycles. The Morgan fingerprint density at radius 2 is 1.73 bits per heavy atom. The molecule has 0 radical (unpaired) electrons. The third-order valence-electron chi connectivity index (χ3n) is 5.19. The van der Waals surface area contributed by atoms with E-state index in [1.54, 1.807) is 14.2 Å². The van der Waals surface area contributed by atoms with Crippen molar-refractivity contribution in [3.8, 4) is 5.75 Å². The van der Waals surface area contributed by atoms with Gasteiger partial charge in [0.2, 0.25) is 0 Å². The van der Waals surface area contributed by atoms with Gasteiger partial charge in [0.05, 0.1) is 7.11 Å². The first-order valence-electron chi connectivity index (χ1n) is 8.61. The van der Waals surface area contributed by atoms with Crippen LogP contribution in [0.2, 0.25) is 0 Å². The normalized spacial score (nSPS) is 18.9. The Morgan fingerprint density at radius 1 is 0.962 bits per heavy atom. The summed E-state index contributed by atoms with van der Waals surface area (Å²) in [5.41, 5.74) is 0.744.